The van der Waals surface area contributed by atoms with Crippen molar-refractivity contribution >= 4 is 11.6 Å². The van der Waals surface area contributed by atoms with Crippen LogP contribution in [0.2, 0.25) is 0 Å². The van der Waals surface area contributed by atoms with E-state index in [1.165, 1.54) is 0 Å². The van der Waals surface area contributed by atoms with Crippen LogP contribution in [0.25, 0.3) is 0 Å². The van der Waals surface area contributed by atoms with E-state index >= 15 is 0 Å². The minimum atomic E-state index is 0.511. The number of para-hydroxylation sites is 2. The summed E-state index contributed by atoms with van der Waals surface area (Å²) >= 11 is 5.52. The lowest BCUT2D eigenvalue weighted by Crippen LogP contribution is -2.00. The van der Waals surface area contributed by atoms with Crippen LogP contribution < -0.4 is 9.47 Å². The van der Waals surface area contributed by atoms with Crippen LogP contribution in [0, 0.1) is 0 Å². The fraction of sp³-hybridized carbons (Fsp3) is 0.385. The molecular formula is C13H17ClO2. The summed E-state index contributed by atoms with van der Waals surface area (Å²) in [5.41, 5.74) is 0. The summed E-state index contributed by atoms with van der Waals surface area (Å²) in [7, 11) is 0. The third-order valence-corrected chi connectivity index (χ3v) is 2.08. The van der Waals surface area contributed by atoms with Crippen molar-refractivity contribution in [1.29, 1.82) is 0 Å². The van der Waals surface area contributed by atoms with Crippen molar-refractivity contribution in [2.24, 2.45) is 0 Å². The van der Waals surface area contributed by atoms with Crippen LogP contribution >= 0.6 is 11.6 Å². The van der Waals surface area contributed by atoms with Crippen molar-refractivity contribution in [3.63, 3.8) is 0 Å². The van der Waals surface area contributed by atoms with Crippen molar-refractivity contribution in [1.82, 2.24) is 0 Å². The zero-order valence-electron chi connectivity index (χ0n) is 9.49. The molecule has 0 aliphatic carbocycles. The fourth-order valence-corrected chi connectivity index (χ4v) is 1.30. The van der Waals surface area contributed by atoms with E-state index in [1.807, 2.05) is 36.4 Å². The van der Waals surface area contributed by atoms with E-state index in [4.69, 9.17) is 21.1 Å². The first-order valence-corrected chi connectivity index (χ1v) is 5.97. The number of benzene rings is 1. The molecule has 0 aliphatic heterocycles. The second-order valence-electron chi connectivity index (χ2n) is 3.23. The lowest BCUT2D eigenvalue weighted by Gasteiger charge is -2.10. The van der Waals surface area contributed by atoms with Crippen LogP contribution in [-0.4, -0.2) is 19.1 Å². The van der Waals surface area contributed by atoms with Crippen molar-refractivity contribution < 1.29 is 9.47 Å². The monoisotopic (exact) mass is 240 g/mol. The van der Waals surface area contributed by atoms with Gasteiger partial charge in [-0.2, -0.15) is 0 Å². The second kappa shape index (κ2) is 8.05. The molecule has 0 amide bonds. The highest BCUT2D eigenvalue weighted by Crippen LogP contribution is 2.26. The molecule has 1 aromatic carbocycles. The molecule has 0 bridgehead atoms. The molecule has 0 aromatic heterocycles. The Hall–Kier alpha value is -1.15. The molecule has 0 unspecified atom stereocenters. The molecule has 0 atom stereocenters. The van der Waals surface area contributed by atoms with E-state index in [0.717, 1.165) is 17.9 Å². The van der Waals surface area contributed by atoms with Crippen molar-refractivity contribution in [3.8, 4) is 11.5 Å². The van der Waals surface area contributed by atoms with E-state index in [2.05, 4.69) is 6.92 Å². The van der Waals surface area contributed by atoms with E-state index in [0.29, 0.717) is 19.1 Å². The van der Waals surface area contributed by atoms with Crippen LogP contribution in [0.4, 0.5) is 0 Å². The highest BCUT2D eigenvalue weighted by molar-refractivity contribution is 6.18. The van der Waals surface area contributed by atoms with Gasteiger partial charge in [0.2, 0.25) is 0 Å². The van der Waals surface area contributed by atoms with Gasteiger partial charge in [0.1, 0.15) is 6.61 Å². The largest absolute Gasteiger partial charge is 0.490 e. The van der Waals surface area contributed by atoms with E-state index in [-0.39, 0.29) is 0 Å². The molecule has 0 radical (unpaired) electrons. The Morgan fingerprint density at radius 2 is 1.81 bits per heavy atom. The van der Waals surface area contributed by atoms with E-state index < -0.39 is 0 Å². The van der Waals surface area contributed by atoms with Crippen molar-refractivity contribution in [2.45, 2.75) is 13.3 Å². The minimum Gasteiger partial charge on any atom is -0.490 e. The molecular weight excluding hydrogens is 224 g/mol. The van der Waals surface area contributed by atoms with Gasteiger partial charge in [0.05, 0.1) is 6.61 Å². The summed E-state index contributed by atoms with van der Waals surface area (Å²) in [5, 5.41) is 0. The molecule has 1 rings (SSSR count). The molecule has 0 heterocycles. The summed E-state index contributed by atoms with van der Waals surface area (Å²) in [6.45, 7) is 3.30. The lowest BCUT2D eigenvalue weighted by molar-refractivity contribution is 0.284. The summed E-state index contributed by atoms with van der Waals surface area (Å²) in [4.78, 5) is 0. The molecule has 2 nitrogen and oxygen atoms in total. The number of allylic oxidation sites excluding steroid dienone is 1. The second-order valence-corrected chi connectivity index (χ2v) is 3.54. The first-order chi connectivity index (χ1) is 7.88. The highest BCUT2D eigenvalue weighted by atomic mass is 35.5. The van der Waals surface area contributed by atoms with Gasteiger partial charge in [-0.1, -0.05) is 31.2 Å². The minimum absolute atomic E-state index is 0.511. The normalized spacial score (nSPS) is 10.6. The Labute approximate surface area is 102 Å². The predicted molar refractivity (Wildman–Crippen MR) is 67.6 cm³/mol. The van der Waals surface area contributed by atoms with E-state index in [9.17, 15) is 0 Å². The number of halogens is 1. The molecule has 0 N–H and O–H groups in total. The number of alkyl halides is 1. The van der Waals surface area contributed by atoms with Crippen LogP contribution in [0.15, 0.2) is 36.4 Å². The number of ether oxygens (including phenoxy) is 2. The first-order valence-electron chi connectivity index (χ1n) is 5.44. The van der Waals surface area contributed by atoms with Gasteiger partial charge in [0.25, 0.3) is 0 Å². The molecule has 0 spiro atoms. The zero-order chi connectivity index (χ0) is 11.6. The number of hydrogen-bond acceptors (Lipinski definition) is 2. The Bertz CT molecular complexity index is 323. The molecule has 3 heteroatoms. The highest BCUT2D eigenvalue weighted by Gasteiger charge is 2.01. The lowest BCUT2D eigenvalue weighted by atomic mass is 10.3. The van der Waals surface area contributed by atoms with Crippen molar-refractivity contribution in [3.05, 3.63) is 36.4 Å². The Kier molecular flexibility index (Phi) is 6.50. The summed E-state index contributed by atoms with van der Waals surface area (Å²) < 4.78 is 11.1. The first kappa shape index (κ1) is 12.9. The van der Waals surface area contributed by atoms with Gasteiger partial charge in [-0.05, 0) is 18.6 Å². The van der Waals surface area contributed by atoms with Gasteiger partial charge in [-0.3, -0.25) is 0 Å². The summed E-state index contributed by atoms with van der Waals surface area (Å²) in [6.07, 6.45) is 4.74. The topological polar surface area (TPSA) is 18.5 Å². The molecule has 88 valence electrons. The Balaban J connectivity index is 2.52. The van der Waals surface area contributed by atoms with Gasteiger partial charge in [-0.15, -0.1) is 11.6 Å². The Morgan fingerprint density at radius 3 is 2.44 bits per heavy atom. The molecule has 0 fully saturated rings. The smallest absolute Gasteiger partial charge is 0.161 e. The SMILES string of the molecule is CCCOc1ccccc1OCC=CCCl. The van der Waals surface area contributed by atoms with Gasteiger partial charge < -0.3 is 9.47 Å². The third kappa shape index (κ3) is 4.58. The quantitative estimate of drug-likeness (QED) is 0.535. The Morgan fingerprint density at radius 1 is 1.12 bits per heavy atom. The summed E-state index contributed by atoms with van der Waals surface area (Å²) in [6, 6.07) is 7.68. The summed E-state index contributed by atoms with van der Waals surface area (Å²) in [5.74, 6) is 2.08. The maximum absolute atomic E-state index is 5.57. The number of hydrogen-bond donors (Lipinski definition) is 0. The predicted octanol–water partition coefficient (Wildman–Crippen LogP) is 3.65. The van der Waals surface area contributed by atoms with Crippen LogP contribution in [0.5, 0.6) is 11.5 Å². The van der Waals surface area contributed by atoms with E-state index in [1.54, 1.807) is 0 Å². The van der Waals surface area contributed by atoms with Crippen LogP contribution in [0.3, 0.4) is 0 Å². The standard InChI is InChI=1S/C13H17ClO2/c1-2-10-15-12-7-3-4-8-13(12)16-11-6-5-9-14/h3-8H,2,9-11H2,1H3. The molecule has 0 saturated carbocycles. The maximum atomic E-state index is 5.57. The van der Waals surface area contributed by atoms with Gasteiger partial charge >= 0.3 is 0 Å². The van der Waals surface area contributed by atoms with Gasteiger partial charge in [-0.25, -0.2) is 0 Å². The molecule has 1 aromatic rings. The molecule has 0 aliphatic rings. The third-order valence-electron chi connectivity index (χ3n) is 1.90. The van der Waals surface area contributed by atoms with Crippen LogP contribution in [0.1, 0.15) is 13.3 Å². The average molecular weight is 241 g/mol. The number of rotatable bonds is 7. The van der Waals surface area contributed by atoms with Crippen LogP contribution in [-0.2, 0) is 0 Å². The molecule has 16 heavy (non-hydrogen) atoms. The average Bonchev–Trinajstić information content (AvgIpc) is 2.33. The maximum Gasteiger partial charge on any atom is 0.161 e. The molecule has 0 saturated heterocycles. The van der Waals surface area contributed by atoms with Gasteiger partial charge in [0.15, 0.2) is 11.5 Å². The zero-order valence-corrected chi connectivity index (χ0v) is 10.2. The fourth-order valence-electron chi connectivity index (χ4n) is 1.17. The van der Waals surface area contributed by atoms with Crippen molar-refractivity contribution in [2.75, 3.05) is 19.1 Å². The van der Waals surface area contributed by atoms with Gasteiger partial charge in [0, 0.05) is 5.88 Å².